The summed E-state index contributed by atoms with van der Waals surface area (Å²) in [4.78, 5) is 12.1. The third-order valence-electron chi connectivity index (χ3n) is 2.47. The molecule has 0 saturated heterocycles. The average Bonchev–Trinajstić information content (AvgIpc) is 2.69. The maximum absolute atomic E-state index is 12.1. The van der Waals surface area contributed by atoms with Gasteiger partial charge in [0.25, 0.3) is 0 Å². The van der Waals surface area contributed by atoms with Crippen molar-refractivity contribution in [3.63, 3.8) is 0 Å². The molecular weight excluding hydrogens is 460 g/mol. The van der Waals surface area contributed by atoms with E-state index < -0.39 is 0 Å². The van der Waals surface area contributed by atoms with Crippen molar-refractivity contribution in [2.45, 2.75) is 6.92 Å². The van der Waals surface area contributed by atoms with Crippen LogP contribution in [0, 0.1) is 6.92 Å². The predicted molar refractivity (Wildman–Crippen MR) is 88.4 cm³/mol. The van der Waals surface area contributed by atoms with Crippen molar-refractivity contribution in [3.05, 3.63) is 47.4 Å². The molecule has 100 valence electrons. The Bertz CT molecular complexity index is 622. The number of hydrogen-bond donors (Lipinski definition) is 0. The Labute approximate surface area is 140 Å². The number of Topliss-reactive ketones (excluding diaryl/α,β-unsaturated/α-hetero) is 1. The number of aryl methyl sites for hydroxylation is 1. The lowest BCUT2D eigenvalue weighted by molar-refractivity contribution is 0.0921. The number of carbonyl (C=O) groups is 1. The van der Waals surface area contributed by atoms with Crippen LogP contribution < -0.4 is 4.74 Å². The third-order valence-corrected chi connectivity index (χ3v) is 5.30. The first kappa shape index (κ1) is 15.2. The van der Waals surface area contributed by atoms with Crippen molar-refractivity contribution < 1.29 is 9.53 Å². The molecule has 0 unspecified atom stereocenters. The Morgan fingerprint density at radius 3 is 2.63 bits per heavy atom. The quantitative estimate of drug-likeness (QED) is 0.545. The van der Waals surface area contributed by atoms with Gasteiger partial charge in [-0.1, -0.05) is 22.0 Å². The van der Waals surface area contributed by atoms with Gasteiger partial charge in [0.1, 0.15) is 5.75 Å². The summed E-state index contributed by atoms with van der Waals surface area (Å²) in [6, 6.07) is 7.55. The van der Waals surface area contributed by atoms with Gasteiger partial charge >= 0.3 is 0 Å². The van der Waals surface area contributed by atoms with Gasteiger partial charge in [-0.3, -0.25) is 4.79 Å². The Kier molecular flexibility index (Phi) is 5.22. The zero-order valence-electron chi connectivity index (χ0n) is 9.88. The minimum Gasteiger partial charge on any atom is -0.485 e. The molecule has 0 fully saturated rings. The molecule has 2 aromatic rings. The first-order chi connectivity index (χ1) is 8.97. The van der Waals surface area contributed by atoms with Gasteiger partial charge in [0.05, 0.1) is 7.57 Å². The van der Waals surface area contributed by atoms with Crippen LogP contribution in [0.5, 0.6) is 5.75 Å². The SMILES string of the molecule is Cc1ccc(Br)cc1OCC(=O)c1cc(Br)sc1Br. The van der Waals surface area contributed by atoms with Gasteiger partial charge in [0.2, 0.25) is 5.78 Å². The van der Waals surface area contributed by atoms with E-state index in [1.165, 1.54) is 11.3 Å². The van der Waals surface area contributed by atoms with Crippen LogP contribution in [-0.2, 0) is 0 Å². The number of hydrogen-bond acceptors (Lipinski definition) is 3. The fraction of sp³-hybridized carbons (Fsp3) is 0.154. The molecule has 2 rings (SSSR count). The number of benzene rings is 1. The molecule has 1 aromatic heterocycles. The molecule has 0 bridgehead atoms. The van der Waals surface area contributed by atoms with Gasteiger partial charge in [0.15, 0.2) is 6.61 Å². The Morgan fingerprint density at radius 2 is 2.00 bits per heavy atom. The maximum Gasteiger partial charge on any atom is 0.202 e. The van der Waals surface area contributed by atoms with Crippen LogP contribution in [0.1, 0.15) is 15.9 Å². The van der Waals surface area contributed by atoms with Crippen molar-refractivity contribution >= 4 is 64.9 Å². The minimum atomic E-state index is -0.0480. The molecule has 2 nitrogen and oxygen atoms in total. The van der Waals surface area contributed by atoms with Crippen LogP contribution in [0.25, 0.3) is 0 Å². The highest BCUT2D eigenvalue weighted by molar-refractivity contribution is 9.12. The maximum atomic E-state index is 12.1. The molecule has 0 atom stereocenters. The van der Waals surface area contributed by atoms with Crippen LogP contribution >= 0.6 is 59.1 Å². The van der Waals surface area contributed by atoms with E-state index in [9.17, 15) is 4.79 Å². The molecule has 19 heavy (non-hydrogen) atoms. The van der Waals surface area contributed by atoms with Gasteiger partial charge < -0.3 is 4.74 Å². The van der Waals surface area contributed by atoms with Crippen molar-refractivity contribution in [1.82, 2.24) is 0 Å². The highest BCUT2D eigenvalue weighted by Crippen LogP contribution is 2.32. The second-order valence-corrected chi connectivity index (χ2v) is 8.52. The standard InChI is InChI=1S/C13H9Br3O2S/c1-7-2-3-8(14)4-11(7)18-6-10(17)9-5-12(15)19-13(9)16/h2-5H,6H2,1H3. The second kappa shape index (κ2) is 6.52. The number of ether oxygens (including phenoxy) is 1. The summed E-state index contributed by atoms with van der Waals surface area (Å²) in [6.07, 6.45) is 0. The Hall–Kier alpha value is -0.170. The number of thiophene rings is 1. The number of carbonyl (C=O) groups excluding carboxylic acids is 1. The average molecular weight is 469 g/mol. The highest BCUT2D eigenvalue weighted by Gasteiger charge is 2.14. The van der Waals surface area contributed by atoms with Crippen molar-refractivity contribution in [3.8, 4) is 5.75 Å². The van der Waals surface area contributed by atoms with Crippen LogP contribution in [0.4, 0.5) is 0 Å². The van der Waals surface area contributed by atoms with E-state index in [1.54, 1.807) is 6.07 Å². The smallest absolute Gasteiger partial charge is 0.202 e. The van der Waals surface area contributed by atoms with Crippen LogP contribution in [-0.4, -0.2) is 12.4 Å². The molecule has 0 aliphatic rings. The lowest BCUT2D eigenvalue weighted by Gasteiger charge is -2.08. The summed E-state index contributed by atoms with van der Waals surface area (Å²) in [5, 5.41) is 0. The van der Waals surface area contributed by atoms with Gasteiger partial charge in [-0.25, -0.2) is 0 Å². The van der Waals surface area contributed by atoms with Crippen LogP contribution in [0.2, 0.25) is 0 Å². The topological polar surface area (TPSA) is 26.3 Å². The highest BCUT2D eigenvalue weighted by atomic mass is 79.9. The summed E-state index contributed by atoms with van der Waals surface area (Å²) in [5.74, 6) is 0.668. The molecule has 1 aromatic carbocycles. The van der Waals surface area contributed by atoms with Gasteiger partial charge in [-0.05, 0) is 62.5 Å². The predicted octanol–water partition coefficient (Wildman–Crippen LogP) is 5.61. The van der Waals surface area contributed by atoms with Crippen LogP contribution in [0.3, 0.4) is 0 Å². The summed E-state index contributed by atoms with van der Waals surface area (Å²) >= 11 is 11.6. The number of ketones is 1. The summed E-state index contributed by atoms with van der Waals surface area (Å²) in [5.41, 5.74) is 1.64. The molecule has 0 radical (unpaired) electrons. The second-order valence-electron chi connectivity index (χ2n) is 3.86. The minimum absolute atomic E-state index is 0.0269. The van der Waals surface area contributed by atoms with E-state index in [0.717, 1.165) is 17.6 Å². The van der Waals surface area contributed by atoms with E-state index in [1.807, 2.05) is 25.1 Å². The largest absolute Gasteiger partial charge is 0.485 e. The molecule has 0 N–H and O–H groups in total. The third kappa shape index (κ3) is 3.90. The molecule has 6 heteroatoms. The lowest BCUT2D eigenvalue weighted by Crippen LogP contribution is -2.11. The molecule has 1 heterocycles. The van der Waals surface area contributed by atoms with E-state index in [2.05, 4.69) is 47.8 Å². The van der Waals surface area contributed by atoms with Gasteiger partial charge in [0, 0.05) is 10.0 Å². The summed E-state index contributed by atoms with van der Waals surface area (Å²) in [7, 11) is 0. The molecule has 0 saturated carbocycles. The molecule has 0 amide bonds. The summed E-state index contributed by atoms with van der Waals surface area (Å²) in [6.45, 7) is 1.97. The first-order valence-electron chi connectivity index (χ1n) is 5.34. The van der Waals surface area contributed by atoms with E-state index in [-0.39, 0.29) is 12.4 Å². The zero-order chi connectivity index (χ0) is 14.0. The number of halogens is 3. The van der Waals surface area contributed by atoms with Crippen molar-refractivity contribution in [2.24, 2.45) is 0 Å². The van der Waals surface area contributed by atoms with Crippen molar-refractivity contribution in [2.75, 3.05) is 6.61 Å². The monoisotopic (exact) mass is 466 g/mol. The molecular formula is C13H9Br3O2S. The van der Waals surface area contributed by atoms with Gasteiger partial charge in [-0.2, -0.15) is 0 Å². The summed E-state index contributed by atoms with van der Waals surface area (Å²) < 4.78 is 8.25. The molecule has 0 aliphatic heterocycles. The lowest BCUT2D eigenvalue weighted by atomic mass is 10.2. The van der Waals surface area contributed by atoms with Gasteiger partial charge in [-0.15, -0.1) is 11.3 Å². The number of rotatable bonds is 4. The zero-order valence-corrected chi connectivity index (χ0v) is 15.4. The van der Waals surface area contributed by atoms with Crippen molar-refractivity contribution in [1.29, 1.82) is 0 Å². The molecule has 0 spiro atoms. The Morgan fingerprint density at radius 1 is 1.26 bits per heavy atom. The van der Waals surface area contributed by atoms with Crippen LogP contribution in [0.15, 0.2) is 36.3 Å². The van der Waals surface area contributed by atoms with E-state index >= 15 is 0 Å². The Balaban J connectivity index is 2.08. The normalized spacial score (nSPS) is 10.5. The van der Waals surface area contributed by atoms with E-state index in [4.69, 9.17) is 4.74 Å². The molecule has 0 aliphatic carbocycles. The fourth-order valence-electron chi connectivity index (χ4n) is 1.48. The van der Waals surface area contributed by atoms with E-state index in [0.29, 0.717) is 11.3 Å². The first-order valence-corrected chi connectivity index (χ1v) is 8.54. The fourth-order valence-corrected chi connectivity index (χ4v) is 4.68.